The highest BCUT2D eigenvalue weighted by Gasteiger charge is 2.30. The maximum atomic E-state index is 13.0. The maximum Gasteiger partial charge on any atom is 0.322 e. The summed E-state index contributed by atoms with van der Waals surface area (Å²) in [6.45, 7) is 5.45. The SMILES string of the molecule is CCn1cc(NC(=O)N2CCCC[C@H]2c2nc3ccccc3[nH]2)c(C)n1. The smallest absolute Gasteiger partial charge is 0.322 e. The predicted octanol–water partition coefficient (Wildman–Crippen LogP) is 3.85. The van der Waals surface area contributed by atoms with Gasteiger partial charge in [-0.2, -0.15) is 5.10 Å². The normalized spacial score (nSPS) is 17.6. The molecule has 0 radical (unpaired) electrons. The quantitative estimate of drug-likeness (QED) is 0.751. The molecule has 0 saturated carbocycles. The highest BCUT2D eigenvalue weighted by molar-refractivity contribution is 5.90. The Balaban J connectivity index is 1.58. The first-order chi connectivity index (χ1) is 12.7. The summed E-state index contributed by atoms with van der Waals surface area (Å²) in [6, 6.07) is 7.86. The van der Waals surface area contributed by atoms with Crippen molar-refractivity contribution in [3.63, 3.8) is 0 Å². The minimum absolute atomic E-state index is 0.0299. The molecule has 0 spiro atoms. The van der Waals surface area contributed by atoms with Crippen molar-refractivity contribution in [3.05, 3.63) is 42.0 Å². The molecular weight excluding hydrogens is 328 g/mol. The number of rotatable bonds is 3. The number of aromatic amines is 1. The number of amides is 2. The largest absolute Gasteiger partial charge is 0.340 e. The molecule has 1 saturated heterocycles. The van der Waals surface area contributed by atoms with E-state index in [9.17, 15) is 4.79 Å². The van der Waals surface area contributed by atoms with Crippen molar-refractivity contribution in [2.75, 3.05) is 11.9 Å². The fourth-order valence-electron chi connectivity index (χ4n) is 3.58. The molecule has 1 aliphatic heterocycles. The summed E-state index contributed by atoms with van der Waals surface area (Å²) in [6.07, 6.45) is 4.91. The van der Waals surface area contributed by atoms with E-state index in [1.165, 1.54) is 0 Å². The number of urea groups is 1. The van der Waals surface area contributed by atoms with Crippen molar-refractivity contribution in [1.29, 1.82) is 0 Å². The number of nitrogens with one attached hydrogen (secondary N) is 2. The third kappa shape index (κ3) is 3.05. The Bertz CT molecular complexity index is 894. The number of carbonyl (C=O) groups is 1. The number of H-pyrrole nitrogens is 1. The number of aromatic nitrogens is 4. The van der Waals surface area contributed by atoms with Gasteiger partial charge in [-0.15, -0.1) is 0 Å². The fraction of sp³-hybridized carbons (Fsp3) is 0.421. The standard InChI is InChI=1S/C19H24N6O/c1-3-24-12-16(13(2)23-24)22-19(26)25-11-7-6-10-17(25)18-20-14-8-4-5-9-15(14)21-18/h4-5,8-9,12,17H,3,6-7,10-11H2,1-2H3,(H,20,21)(H,22,26)/t17-/m0/s1. The zero-order valence-corrected chi connectivity index (χ0v) is 15.2. The third-order valence-electron chi connectivity index (χ3n) is 5.00. The summed E-state index contributed by atoms with van der Waals surface area (Å²) in [4.78, 5) is 23.0. The van der Waals surface area contributed by atoms with Crippen LogP contribution in [0.4, 0.5) is 10.5 Å². The highest BCUT2D eigenvalue weighted by atomic mass is 16.2. The first-order valence-electron chi connectivity index (χ1n) is 9.22. The lowest BCUT2D eigenvalue weighted by atomic mass is 10.0. The Hall–Kier alpha value is -2.83. The number of hydrogen-bond acceptors (Lipinski definition) is 3. The van der Waals surface area contributed by atoms with Crippen LogP contribution < -0.4 is 5.32 Å². The average molecular weight is 352 g/mol. The lowest BCUT2D eigenvalue weighted by molar-refractivity contribution is 0.160. The van der Waals surface area contributed by atoms with E-state index in [0.29, 0.717) is 0 Å². The van der Waals surface area contributed by atoms with Crippen LogP contribution in [-0.2, 0) is 6.54 Å². The van der Waals surface area contributed by atoms with Crippen molar-refractivity contribution in [2.45, 2.75) is 45.7 Å². The Morgan fingerprint density at radius 1 is 1.35 bits per heavy atom. The molecule has 3 heterocycles. The summed E-state index contributed by atoms with van der Waals surface area (Å²) < 4.78 is 1.83. The number of imidazole rings is 1. The first-order valence-corrected chi connectivity index (χ1v) is 9.22. The van der Waals surface area contributed by atoms with Crippen LogP contribution in [0.15, 0.2) is 30.5 Å². The number of anilines is 1. The van der Waals surface area contributed by atoms with E-state index >= 15 is 0 Å². The van der Waals surface area contributed by atoms with Gasteiger partial charge in [-0.25, -0.2) is 9.78 Å². The van der Waals surface area contributed by atoms with Crippen molar-refractivity contribution in [2.24, 2.45) is 0 Å². The lowest BCUT2D eigenvalue weighted by Gasteiger charge is -2.34. The molecule has 0 bridgehead atoms. The number of para-hydroxylation sites is 2. The Labute approximate surface area is 152 Å². The summed E-state index contributed by atoms with van der Waals surface area (Å²) in [7, 11) is 0. The summed E-state index contributed by atoms with van der Waals surface area (Å²) in [5, 5.41) is 7.43. The van der Waals surface area contributed by atoms with Crippen molar-refractivity contribution < 1.29 is 4.79 Å². The van der Waals surface area contributed by atoms with Gasteiger partial charge in [0, 0.05) is 19.3 Å². The minimum atomic E-state index is -0.0890. The molecule has 26 heavy (non-hydrogen) atoms. The molecule has 1 aromatic carbocycles. The van der Waals surface area contributed by atoms with E-state index in [1.54, 1.807) is 0 Å². The third-order valence-corrected chi connectivity index (χ3v) is 5.00. The van der Waals surface area contributed by atoms with Crippen molar-refractivity contribution >= 4 is 22.8 Å². The molecule has 136 valence electrons. The predicted molar refractivity (Wildman–Crippen MR) is 101 cm³/mol. The van der Waals surface area contributed by atoms with Gasteiger partial charge in [0.25, 0.3) is 0 Å². The molecule has 1 aliphatic rings. The second-order valence-electron chi connectivity index (χ2n) is 6.76. The summed E-state index contributed by atoms with van der Waals surface area (Å²) in [5.41, 5.74) is 3.55. The van der Waals surface area contributed by atoms with E-state index in [4.69, 9.17) is 4.98 Å². The van der Waals surface area contributed by atoms with Crippen LogP contribution >= 0.6 is 0 Å². The van der Waals surface area contributed by atoms with Gasteiger partial charge in [0.1, 0.15) is 5.82 Å². The Kier molecular flexibility index (Phi) is 4.36. The van der Waals surface area contributed by atoms with Gasteiger partial charge in [-0.05, 0) is 45.2 Å². The number of nitrogens with zero attached hydrogens (tertiary/aromatic N) is 4. The zero-order chi connectivity index (χ0) is 18.1. The van der Waals surface area contributed by atoms with Gasteiger partial charge in [0.15, 0.2) is 0 Å². The van der Waals surface area contributed by atoms with Crippen LogP contribution in [0.1, 0.15) is 43.7 Å². The summed E-state index contributed by atoms with van der Waals surface area (Å²) >= 11 is 0. The first kappa shape index (κ1) is 16.6. The molecule has 4 rings (SSSR count). The second kappa shape index (κ2) is 6.82. The van der Waals surface area contributed by atoms with Crippen LogP contribution in [0.3, 0.4) is 0 Å². The van der Waals surface area contributed by atoms with Gasteiger partial charge < -0.3 is 15.2 Å². The van der Waals surface area contributed by atoms with Crippen LogP contribution in [0.2, 0.25) is 0 Å². The molecule has 3 aromatic rings. The Morgan fingerprint density at radius 2 is 2.19 bits per heavy atom. The molecule has 2 aromatic heterocycles. The van der Waals surface area contributed by atoms with E-state index < -0.39 is 0 Å². The number of hydrogen-bond donors (Lipinski definition) is 2. The number of piperidine rings is 1. The number of aryl methyl sites for hydroxylation is 2. The van der Waals surface area contributed by atoms with E-state index in [2.05, 4.69) is 15.4 Å². The Morgan fingerprint density at radius 3 is 2.96 bits per heavy atom. The fourth-order valence-corrected chi connectivity index (χ4v) is 3.58. The molecule has 0 unspecified atom stereocenters. The second-order valence-corrected chi connectivity index (χ2v) is 6.76. The minimum Gasteiger partial charge on any atom is -0.340 e. The zero-order valence-electron chi connectivity index (χ0n) is 15.2. The molecule has 1 atom stereocenters. The highest BCUT2D eigenvalue weighted by Crippen LogP contribution is 2.31. The number of fused-ring (bicyclic) bond motifs is 1. The van der Waals surface area contributed by atoms with Gasteiger partial charge in [-0.1, -0.05) is 12.1 Å². The van der Waals surface area contributed by atoms with Crippen molar-refractivity contribution in [3.8, 4) is 0 Å². The van der Waals surface area contributed by atoms with Crippen LogP contribution in [0.5, 0.6) is 0 Å². The van der Waals surface area contributed by atoms with Crippen LogP contribution in [0, 0.1) is 6.92 Å². The molecular formula is C19H24N6O. The topological polar surface area (TPSA) is 78.8 Å². The summed E-state index contributed by atoms with van der Waals surface area (Å²) in [5.74, 6) is 0.863. The molecule has 7 nitrogen and oxygen atoms in total. The number of likely N-dealkylation sites (tertiary alicyclic amines) is 1. The van der Waals surface area contributed by atoms with Gasteiger partial charge in [0.05, 0.1) is 28.5 Å². The van der Waals surface area contributed by atoms with Gasteiger partial charge in [-0.3, -0.25) is 4.68 Å². The molecule has 1 fully saturated rings. The molecule has 2 amide bonds. The average Bonchev–Trinajstić information content (AvgIpc) is 3.25. The lowest BCUT2D eigenvalue weighted by Crippen LogP contribution is -2.41. The monoisotopic (exact) mass is 352 g/mol. The number of benzene rings is 1. The number of carbonyl (C=O) groups excluding carboxylic acids is 1. The van der Waals surface area contributed by atoms with Gasteiger partial charge in [0.2, 0.25) is 0 Å². The van der Waals surface area contributed by atoms with E-state index in [1.807, 2.05) is 53.9 Å². The van der Waals surface area contributed by atoms with Crippen LogP contribution in [0.25, 0.3) is 11.0 Å². The molecule has 0 aliphatic carbocycles. The maximum absolute atomic E-state index is 13.0. The van der Waals surface area contributed by atoms with Crippen LogP contribution in [-0.4, -0.2) is 37.2 Å². The molecule has 2 N–H and O–H groups in total. The van der Waals surface area contributed by atoms with Crippen molar-refractivity contribution in [1.82, 2.24) is 24.6 Å². The van der Waals surface area contributed by atoms with E-state index in [0.717, 1.165) is 60.6 Å². The molecule has 7 heteroatoms. The van der Waals surface area contributed by atoms with Gasteiger partial charge >= 0.3 is 6.03 Å². The van der Waals surface area contributed by atoms with E-state index in [-0.39, 0.29) is 12.1 Å².